The average Bonchev–Trinajstić information content (AvgIpc) is 3.26. The summed E-state index contributed by atoms with van der Waals surface area (Å²) in [4.78, 5) is 16.7. The van der Waals surface area contributed by atoms with Crippen molar-refractivity contribution in [1.29, 1.82) is 0 Å². The molecule has 1 N–H and O–H groups in total. The Kier molecular flexibility index (Phi) is 4.34. The molecule has 2 amide bonds. The molecule has 0 spiro atoms. The number of hydrogen-bond acceptors (Lipinski definition) is 3. The lowest BCUT2D eigenvalue weighted by Gasteiger charge is -2.35. The van der Waals surface area contributed by atoms with Crippen LogP contribution >= 0.6 is 0 Å². The SMILES string of the molecule is Cn1cc(N2CCN(C(=O)NC[C@@H]3CCc4ccccc43)CC2)cn1. The molecule has 1 aliphatic heterocycles. The first-order valence-corrected chi connectivity index (χ1v) is 9.05. The first kappa shape index (κ1) is 16.0. The number of rotatable bonds is 3. The van der Waals surface area contributed by atoms with Gasteiger partial charge in [0.25, 0.3) is 0 Å². The molecule has 4 rings (SSSR count). The van der Waals surface area contributed by atoms with Crippen molar-refractivity contribution >= 4 is 11.7 Å². The minimum absolute atomic E-state index is 0.0650. The van der Waals surface area contributed by atoms with Gasteiger partial charge in [-0.25, -0.2) is 4.79 Å². The molecule has 0 unspecified atom stereocenters. The predicted octanol–water partition coefficient (Wildman–Crippen LogP) is 1.98. The lowest BCUT2D eigenvalue weighted by atomic mass is 10.0. The van der Waals surface area contributed by atoms with E-state index in [0.717, 1.165) is 51.3 Å². The van der Waals surface area contributed by atoms with E-state index in [-0.39, 0.29) is 6.03 Å². The lowest BCUT2D eigenvalue weighted by Crippen LogP contribution is -2.52. The summed E-state index contributed by atoms with van der Waals surface area (Å²) in [6.45, 7) is 3.94. The number of aryl methyl sites for hydroxylation is 2. The van der Waals surface area contributed by atoms with Crippen LogP contribution in [0.2, 0.25) is 0 Å². The summed E-state index contributed by atoms with van der Waals surface area (Å²) < 4.78 is 1.81. The van der Waals surface area contributed by atoms with E-state index in [9.17, 15) is 4.79 Å². The molecule has 2 aliphatic rings. The van der Waals surface area contributed by atoms with E-state index in [2.05, 4.69) is 39.6 Å². The Bertz CT molecular complexity index is 748. The van der Waals surface area contributed by atoms with Gasteiger partial charge in [0.15, 0.2) is 0 Å². The number of nitrogens with one attached hydrogen (secondary N) is 1. The van der Waals surface area contributed by atoms with E-state index in [1.54, 1.807) is 0 Å². The third kappa shape index (κ3) is 3.34. The van der Waals surface area contributed by atoms with E-state index in [0.29, 0.717) is 5.92 Å². The smallest absolute Gasteiger partial charge is 0.317 e. The molecule has 6 nitrogen and oxygen atoms in total. The molecule has 1 fully saturated rings. The molecule has 2 aromatic rings. The largest absolute Gasteiger partial charge is 0.365 e. The summed E-state index contributed by atoms with van der Waals surface area (Å²) >= 11 is 0. The van der Waals surface area contributed by atoms with Crippen LogP contribution in [0.15, 0.2) is 36.7 Å². The number of hydrogen-bond donors (Lipinski definition) is 1. The van der Waals surface area contributed by atoms with E-state index in [1.165, 1.54) is 11.1 Å². The maximum atomic E-state index is 12.5. The molecule has 132 valence electrons. The van der Waals surface area contributed by atoms with Crippen molar-refractivity contribution in [3.05, 3.63) is 47.8 Å². The highest BCUT2D eigenvalue weighted by Gasteiger charge is 2.25. The van der Waals surface area contributed by atoms with Gasteiger partial charge < -0.3 is 15.1 Å². The number of benzene rings is 1. The lowest BCUT2D eigenvalue weighted by molar-refractivity contribution is 0.193. The second kappa shape index (κ2) is 6.78. The van der Waals surface area contributed by atoms with Crippen LogP contribution in [0.3, 0.4) is 0 Å². The number of piperazine rings is 1. The molecule has 1 aromatic carbocycles. The number of aromatic nitrogens is 2. The molecule has 1 atom stereocenters. The standard InChI is InChI=1S/C19H25N5O/c1-22-14-17(13-21-22)23-8-10-24(11-9-23)19(25)20-12-16-7-6-15-4-2-3-5-18(15)16/h2-5,13-14,16H,6-12H2,1H3,(H,20,25)/t16-/m0/s1. The van der Waals surface area contributed by atoms with Gasteiger partial charge in [-0.15, -0.1) is 0 Å². The second-order valence-electron chi connectivity index (χ2n) is 6.97. The Balaban J connectivity index is 1.27. The summed E-state index contributed by atoms with van der Waals surface area (Å²) in [6.07, 6.45) is 6.16. The second-order valence-corrected chi connectivity index (χ2v) is 6.97. The quantitative estimate of drug-likeness (QED) is 0.930. The fourth-order valence-corrected chi connectivity index (χ4v) is 3.92. The average molecular weight is 339 g/mol. The zero-order valence-electron chi connectivity index (χ0n) is 14.7. The molecular weight excluding hydrogens is 314 g/mol. The Morgan fingerprint density at radius 1 is 1.24 bits per heavy atom. The first-order chi connectivity index (χ1) is 12.2. The maximum absolute atomic E-state index is 12.5. The van der Waals surface area contributed by atoms with Crippen LogP contribution in [0.1, 0.15) is 23.5 Å². The normalized spacial score (nSPS) is 19.8. The number of nitrogens with zero attached hydrogens (tertiary/aromatic N) is 4. The fraction of sp³-hybridized carbons (Fsp3) is 0.474. The summed E-state index contributed by atoms with van der Waals surface area (Å²) in [7, 11) is 1.92. The monoisotopic (exact) mass is 339 g/mol. The van der Waals surface area contributed by atoms with Crippen molar-refractivity contribution in [2.24, 2.45) is 7.05 Å². The summed E-state index contributed by atoms with van der Waals surface area (Å²) in [5, 5.41) is 7.37. The van der Waals surface area contributed by atoms with Gasteiger partial charge in [-0.3, -0.25) is 4.68 Å². The molecule has 2 heterocycles. The van der Waals surface area contributed by atoms with E-state index in [4.69, 9.17) is 0 Å². The molecule has 0 saturated carbocycles. The van der Waals surface area contributed by atoms with Gasteiger partial charge in [0.1, 0.15) is 0 Å². The van der Waals surface area contributed by atoms with E-state index in [1.807, 2.05) is 29.0 Å². The highest BCUT2D eigenvalue weighted by atomic mass is 16.2. The number of fused-ring (bicyclic) bond motifs is 1. The van der Waals surface area contributed by atoms with E-state index >= 15 is 0 Å². The van der Waals surface area contributed by atoms with Crippen molar-refractivity contribution in [3.63, 3.8) is 0 Å². The van der Waals surface area contributed by atoms with Crippen LogP contribution in [-0.2, 0) is 13.5 Å². The minimum Gasteiger partial charge on any atom is -0.365 e. The van der Waals surface area contributed by atoms with Crippen LogP contribution in [0.4, 0.5) is 10.5 Å². The predicted molar refractivity (Wildman–Crippen MR) is 97.9 cm³/mol. The van der Waals surface area contributed by atoms with Gasteiger partial charge in [0.2, 0.25) is 0 Å². The molecular formula is C19H25N5O. The van der Waals surface area contributed by atoms with Gasteiger partial charge >= 0.3 is 6.03 Å². The topological polar surface area (TPSA) is 53.4 Å². The molecule has 0 bridgehead atoms. The van der Waals surface area contributed by atoms with Crippen LogP contribution in [0.25, 0.3) is 0 Å². The number of carbonyl (C=O) groups excluding carboxylic acids is 1. The third-order valence-electron chi connectivity index (χ3n) is 5.38. The van der Waals surface area contributed by atoms with Crippen molar-refractivity contribution in [2.75, 3.05) is 37.6 Å². The first-order valence-electron chi connectivity index (χ1n) is 9.05. The Morgan fingerprint density at radius 2 is 2.04 bits per heavy atom. The minimum atomic E-state index is 0.0650. The van der Waals surface area contributed by atoms with Crippen LogP contribution in [0.5, 0.6) is 0 Å². The molecule has 0 radical (unpaired) electrons. The zero-order valence-corrected chi connectivity index (χ0v) is 14.7. The summed E-state index contributed by atoms with van der Waals surface area (Å²) in [5.74, 6) is 0.455. The van der Waals surface area contributed by atoms with E-state index < -0.39 is 0 Å². The van der Waals surface area contributed by atoms with Gasteiger partial charge in [0.05, 0.1) is 11.9 Å². The molecule has 25 heavy (non-hydrogen) atoms. The molecule has 1 aliphatic carbocycles. The van der Waals surface area contributed by atoms with Crippen LogP contribution < -0.4 is 10.2 Å². The maximum Gasteiger partial charge on any atom is 0.317 e. The highest BCUT2D eigenvalue weighted by Crippen LogP contribution is 2.32. The van der Waals surface area contributed by atoms with Gasteiger partial charge in [-0.1, -0.05) is 24.3 Å². The van der Waals surface area contributed by atoms with Crippen molar-refractivity contribution in [3.8, 4) is 0 Å². The van der Waals surface area contributed by atoms with Gasteiger partial charge in [-0.2, -0.15) is 5.10 Å². The van der Waals surface area contributed by atoms with Crippen molar-refractivity contribution in [1.82, 2.24) is 20.0 Å². The Hall–Kier alpha value is -2.50. The van der Waals surface area contributed by atoms with Crippen molar-refractivity contribution in [2.45, 2.75) is 18.8 Å². The Labute approximate surface area is 148 Å². The van der Waals surface area contributed by atoms with Gasteiger partial charge in [-0.05, 0) is 24.0 Å². The fourth-order valence-electron chi connectivity index (χ4n) is 3.92. The van der Waals surface area contributed by atoms with Crippen LogP contribution in [-0.4, -0.2) is 53.4 Å². The van der Waals surface area contributed by atoms with Crippen molar-refractivity contribution < 1.29 is 4.79 Å². The highest BCUT2D eigenvalue weighted by molar-refractivity contribution is 5.74. The van der Waals surface area contributed by atoms with Crippen LogP contribution in [0, 0.1) is 0 Å². The number of amides is 2. The zero-order chi connectivity index (χ0) is 17.2. The number of urea groups is 1. The molecule has 1 aromatic heterocycles. The molecule has 1 saturated heterocycles. The number of anilines is 1. The Morgan fingerprint density at radius 3 is 2.80 bits per heavy atom. The summed E-state index contributed by atoms with van der Waals surface area (Å²) in [6, 6.07) is 8.66. The molecule has 6 heteroatoms. The number of carbonyl (C=O) groups is 1. The third-order valence-corrected chi connectivity index (χ3v) is 5.38. The van der Waals surface area contributed by atoms with Gasteiger partial charge in [0, 0.05) is 51.9 Å². The summed E-state index contributed by atoms with van der Waals surface area (Å²) in [5.41, 5.74) is 3.97.